The standard InChI is InChI=1S/C13H14ClN3OS/c1-2-16-11-8-15-6-5-10(11)13(18)17-7-9-3-4-12(14)19-9/h3-6,8,16H,2,7H2,1H3,(H,17,18). The summed E-state index contributed by atoms with van der Waals surface area (Å²) < 4.78 is 0.724. The van der Waals surface area contributed by atoms with Crippen molar-refractivity contribution in [1.82, 2.24) is 10.3 Å². The van der Waals surface area contributed by atoms with Gasteiger partial charge in [-0.1, -0.05) is 11.6 Å². The molecule has 0 atom stereocenters. The maximum atomic E-state index is 12.1. The number of pyridine rings is 1. The van der Waals surface area contributed by atoms with E-state index in [0.29, 0.717) is 12.1 Å². The fourth-order valence-corrected chi connectivity index (χ4v) is 2.66. The van der Waals surface area contributed by atoms with E-state index < -0.39 is 0 Å². The summed E-state index contributed by atoms with van der Waals surface area (Å²) in [5.74, 6) is -0.122. The van der Waals surface area contributed by atoms with Gasteiger partial charge in [-0.2, -0.15) is 0 Å². The minimum Gasteiger partial charge on any atom is -0.383 e. The second-order valence-electron chi connectivity index (χ2n) is 3.84. The Bertz CT molecular complexity index is 571. The van der Waals surface area contributed by atoms with Gasteiger partial charge in [-0.05, 0) is 25.1 Å². The summed E-state index contributed by atoms with van der Waals surface area (Å²) in [5, 5.41) is 5.99. The van der Waals surface area contributed by atoms with Crippen LogP contribution in [-0.2, 0) is 6.54 Å². The zero-order chi connectivity index (χ0) is 13.7. The molecule has 0 radical (unpaired) electrons. The van der Waals surface area contributed by atoms with E-state index in [9.17, 15) is 4.79 Å². The van der Waals surface area contributed by atoms with Crippen LogP contribution in [0.3, 0.4) is 0 Å². The van der Waals surface area contributed by atoms with Gasteiger partial charge in [-0.15, -0.1) is 11.3 Å². The molecule has 100 valence electrons. The van der Waals surface area contributed by atoms with Crippen molar-refractivity contribution in [1.29, 1.82) is 0 Å². The van der Waals surface area contributed by atoms with Crippen molar-refractivity contribution in [3.05, 3.63) is 45.4 Å². The highest BCUT2D eigenvalue weighted by Gasteiger charge is 2.10. The number of halogens is 1. The average Bonchev–Trinajstić information content (AvgIpc) is 2.83. The Labute approximate surface area is 120 Å². The molecule has 0 spiro atoms. The molecular weight excluding hydrogens is 282 g/mol. The number of hydrogen-bond acceptors (Lipinski definition) is 4. The van der Waals surface area contributed by atoms with Gasteiger partial charge in [0.25, 0.3) is 5.91 Å². The summed E-state index contributed by atoms with van der Waals surface area (Å²) in [5.41, 5.74) is 1.34. The van der Waals surface area contributed by atoms with Gasteiger partial charge in [0.1, 0.15) is 0 Å². The Kier molecular flexibility index (Phi) is 4.76. The van der Waals surface area contributed by atoms with Crippen LogP contribution in [0.1, 0.15) is 22.2 Å². The van der Waals surface area contributed by atoms with Crippen LogP contribution in [0.2, 0.25) is 4.34 Å². The predicted molar refractivity (Wildman–Crippen MR) is 78.9 cm³/mol. The third-order valence-electron chi connectivity index (χ3n) is 2.48. The smallest absolute Gasteiger partial charge is 0.253 e. The summed E-state index contributed by atoms with van der Waals surface area (Å²) in [6, 6.07) is 5.43. The van der Waals surface area contributed by atoms with Gasteiger partial charge in [0, 0.05) is 17.6 Å². The lowest BCUT2D eigenvalue weighted by atomic mass is 10.2. The van der Waals surface area contributed by atoms with Crippen LogP contribution in [0, 0.1) is 0 Å². The number of nitrogens with one attached hydrogen (secondary N) is 2. The van der Waals surface area contributed by atoms with Gasteiger partial charge in [0.15, 0.2) is 0 Å². The molecule has 6 heteroatoms. The lowest BCUT2D eigenvalue weighted by molar-refractivity contribution is 0.0952. The molecule has 0 aromatic carbocycles. The fourth-order valence-electron chi connectivity index (χ4n) is 1.63. The maximum Gasteiger partial charge on any atom is 0.253 e. The monoisotopic (exact) mass is 295 g/mol. The first-order valence-electron chi connectivity index (χ1n) is 5.91. The molecule has 0 saturated heterocycles. The van der Waals surface area contributed by atoms with E-state index in [-0.39, 0.29) is 5.91 Å². The van der Waals surface area contributed by atoms with E-state index in [0.717, 1.165) is 21.4 Å². The normalized spacial score (nSPS) is 10.2. The number of carbonyl (C=O) groups excluding carboxylic acids is 1. The molecule has 0 aliphatic heterocycles. The zero-order valence-corrected chi connectivity index (χ0v) is 12.0. The maximum absolute atomic E-state index is 12.1. The molecule has 19 heavy (non-hydrogen) atoms. The van der Waals surface area contributed by atoms with Crippen LogP contribution < -0.4 is 10.6 Å². The number of amides is 1. The van der Waals surface area contributed by atoms with Gasteiger partial charge in [0.05, 0.1) is 28.3 Å². The average molecular weight is 296 g/mol. The van der Waals surface area contributed by atoms with Gasteiger partial charge in [-0.3, -0.25) is 9.78 Å². The number of nitrogens with zero attached hydrogens (tertiary/aromatic N) is 1. The fraction of sp³-hybridized carbons (Fsp3) is 0.231. The van der Waals surface area contributed by atoms with E-state index in [1.54, 1.807) is 18.5 Å². The number of thiophene rings is 1. The Morgan fingerprint density at radius 1 is 1.42 bits per heavy atom. The third kappa shape index (κ3) is 3.68. The van der Waals surface area contributed by atoms with Crippen molar-refractivity contribution in [2.45, 2.75) is 13.5 Å². The largest absolute Gasteiger partial charge is 0.383 e. The number of hydrogen-bond donors (Lipinski definition) is 2. The highest BCUT2D eigenvalue weighted by Crippen LogP contribution is 2.21. The molecule has 2 heterocycles. The summed E-state index contributed by atoms with van der Waals surface area (Å²) >= 11 is 7.31. The van der Waals surface area contributed by atoms with Crippen molar-refractivity contribution in [3.8, 4) is 0 Å². The molecule has 0 saturated carbocycles. The van der Waals surface area contributed by atoms with Crippen molar-refractivity contribution in [2.24, 2.45) is 0 Å². The van der Waals surface area contributed by atoms with Crippen LogP contribution in [0.25, 0.3) is 0 Å². The first-order valence-corrected chi connectivity index (χ1v) is 7.10. The highest BCUT2D eigenvalue weighted by atomic mass is 35.5. The highest BCUT2D eigenvalue weighted by molar-refractivity contribution is 7.16. The third-order valence-corrected chi connectivity index (χ3v) is 3.72. The Hall–Kier alpha value is -1.59. The van der Waals surface area contributed by atoms with Gasteiger partial charge in [0.2, 0.25) is 0 Å². The Morgan fingerprint density at radius 3 is 2.95 bits per heavy atom. The first-order chi connectivity index (χ1) is 9.20. The second kappa shape index (κ2) is 6.54. The van der Waals surface area contributed by atoms with Crippen molar-refractivity contribution in [3.63, 3.8) is 0 Å². The molecule has 1 amide bonds. The Morgan fingerprint density at radius 2 is 2.26 bits per heavy atom. The quantitative estimate of drug-likeness (QED) is 0.891. The van der Waals surface area contributed by atoms with Crippen LogP contribution in [0.15, 0.2) is 30.6 Å². The van der Waals surface area contributed by atoms with Gasteiger partial charge < -0.3 is 10.6 Å². The van der Waals surface area contributed by atoms with E-state index in [1.807, 2.05) is 19.1 Å². The molecule has 0 aliphatic rings. The van der Waals surface area contributed by atoms with Crippen LogP contribution in [0.5, 0.6) is 0 Å². The molecular formula is C13H14ClN3OS. The molecule has 2 aromatic heterocycles. The number of anilines is 1. The van der Waals surface area contributed by atoms with Crippen LogP contribution >= 0.6 is 22.9 Å². The molecule has 2 rings (SSSR count). The minimum absolute atomic E-state index is 0.122. The lowest BCUT2D eigenvalue weighted by Crippen LogP contribution is -2.23. The van der Waals surface area contributed by atoms with Gasteiger partial charge in [-0.25, -0.2) is 0 Å². The summed E-state index contributed by atoms with van der Waals surface area (Å²) in [7, 11) is 0. The molecule has 0 unspecified atom stereocenters. The molecule has 0 aliphatic carbocycles. The minimum atomic E-state index is -0.122. The predicted octanol–water partition coefficient (Wildman–Crippen LogP) is 3.16. The summed E-state index contributed by atoms with van der Waals surface area (Å²) in [6.07, 6.45) is 3.26. The molecule has 0 bridgehead atoms. The SMILES string of the molecule is CCNc1cnccc1C(=O)NCc1ccc(Cl)s1. The summed E-state index contributed by atoms with van der Waals surface area (Å²) in [4.78, 5) is 17.1. The number of carbonyl (C=O) groups is 1. The second-order valence-corrected chi connectivity index (χ2v) is 5.64. The molecule has 2 N–H and O–H groups in total. The Balaban J connectivity index is 2.03. The van der Waals surface area contributed by atoms with Crippen LogP contribution in [-0.4, -0.2) is 17.4 Å². The number of rotatable bonds is 5. The molecule has 2 aromatic rings. The first kappa shape index (κ1) is 13.8. The van der Waals surface area contributed by atoms with Crippen molar-refractivity contribution >= 4 is 34.5 Å². The van der Waals surface area contributed by atoms with Crippen LogP contribution in [0.4, 0.5) is 5.69 Å². The van der Waals surface area contributed by atoms with Gasteiger partial charge >= 0.3 is 0 Å². The van der Waals surface area contributed by atoms with E-state index >= 15 is 0 Å². The number of aromatic nitrogens is 1. The van der Waals surface area contributed by atoms with E-state index in [2.05, 4.69) is 15.6 Å². The van der Waals surface area contributed by atoms with E-state index in [4.69, 9.17) is 11.6 Å². The lowest BCUT2D eigenvalue weighted by Gasteiger charge is -2.09. The van der Waals surface area contributed by atoms with Crippen molar-refractivity contribution < 1.29 is 4.79 Å². The topological polar surface area (TPSA) is 54.0 Å². The molecule has 0 fully saturated rings. The summed E-state index contributed by atoms with van der Waals surface area (Å²) in [6.45, 7) is 3.19. The van der Waals surface area contributed by atoms with E-state index in [1.165, 1.54) is 11.3 Å². The van der Waals surface area contributed by atoms with Crippen molar-refractivity contribution in [2.75, 3.05) is 11.9 Å². The molecule has 4 nitrogen and oxygen atoms in total. The zero-order valence-electron chi connectivity index (χ0n) is 10.4.